The lowest BCUT2D eigenvalue weighted by Crippen LogP contribution is -2.24. The van der Waals surface area contributed by atoms with Crippen LogP contribution in [0.2, 0.25) is 10.0 Å². The van der Waals surface area contributed by atoms with Crippen molar-refractivity contribution in [3.8, 4) is 11.5 Å². The summed E-state index contributed by atoms with van der Waals surface area (Å²) in [6.45, 7) is 1.04. The maximum absolute atomic E-state index is 6.23. The number of hydrogen-bond donors (Lipinski definition) is 1. The van der Waals surface area contributed by atoms with Crippen molar-refractivity contribution in [3.63, 3.8) is 0 Å². The lowest BCUT2D eigenvalue weighted by Gasteiger charge is -2.29. The molecular weight excluding hydrogens is 411 g/mol. The zero-order valence-electron chi connectivity index (χ0n) is 15.2. The molecule has 1 atom stereocenters. The number of hydrogen-bond acceptors (Lipinski definition) is 5. The first-order chi connectivity index (χ1) is 14.2. The summed E-state index contributed by atoms with van der Waals surface area (Å²) in [6, 6.07) is 19.1. The molecule has 5 rings (SSSR count). The number of amidine groups is 1. The quantitative estimate of drug-likeness (QED) is 0.547. The average Bonchev–Trinajstić information content (AvgIpc) is 2.74. The molecule has 146 valence electrons. The van der Waals surface area contributed by atoms with Gasteiger partial charge in [0.25, 0.3) is 6.02 Å². The molecule has 0 saturated carbocycles. The standard InChI is InChI=1S/C22H16Cl2N2O3/c23-14-3-1-13(2-4-14)21-17-11-19-20(28-10-9-27-19)12-18(17)26-22(29-21)25-16-7-5-15(24)6-8-16/h1-8,11-12,21H,9-10H2,(H,25,26). The fraction of sp³-hybridized carbons (Fsp3) is 0.136. The monoisotopic (exact) mass is 426 g/mol. The Morgan fingerprint density at radius 2 is 1.45 bits per heavy atom. The van der Waals surface area contributed by atoms with Gasteiger partial charge < -0.3 is 19.5 Å². The van der Waals surface area contributed by atoms with Gasteiger partial charge in [0.2, 0.25) is 0 Å². The lowest BCUT2D eigenvalue weighted by atomic mass is 9.98. The number of anilines is 1. The summed E-state index contributed by atoms with van der Waals surface area (Å²) in [4.78, 5) is 4.65. The van der Waals surface area contributed by atoms with E-state index >= 15 is 0 Å². The Bertz CT molecular complexity index is 1080. The number of ether oxygens (including phenoxy) is 3. The predicted octanol–water partition coefficient (Wildman–Crippen LogP) is 5.98. The number of halogens is 2. The molecule has 2 aliphatic heterocycles. The Labute approximate surface area is 177 Å². The lowest BCUT2D eigenvalue weighted by molar-refractivity contribution is 0.170. The second kappa shape index (κ2) is 7.50. The Kier molecular flexibility index (Phi) is 4.70. The van der Waals surface area contributed by atoms with Gasteiger partial charge in [-0.2, -0.15) is 4.99 Å². The number of aliphatic imine (C=N–C) groups is 1. The summed E-state index contributed by atoms with van der Waals surface area (Å²) < 4.78 is 17.7. The summed E-state index contributed by atoms with van der Waals surface area (Å²) in [5.41, 5.74) is 3.44. The van der Waals surface area contributed by atoms with E-state index in [0.29, 0.717) is 40.8 Å². The molecule has 0 fully saturated rings. The summed E-state index contributed by atoms with van der Waals surface area (Å²) in [7, 11) is 0. The van der Waals surface area contributed by atoms with Gasteiger partial charge in [0, 0.05) is 27.4 Å². The van der Waals surface area contributed by atoms with Crippen LogP contribution < -0.4 is 14.8 Å². The van der Waals surface area contributed by atoms with Gasteiger partial charge in [0.15, 0.2) is 17.6 Å². The Morgan fingerprint density at radius 1 is 0.828 bits per heavy atom. The largest absolute Gasteiger partial charge is 0.486 e. The van der Waals surface area contributed by atoms with Gasteiger partial charge in [-0.3, -0.25) is 0 Å². The molecule has 0 aliphatic carbocycles. The van der Waals surface area contributed by atoms with Gasteiger partial charge in [-0.1, -0.05) is 35.3 Å². The Balaban J connectivity index is 1.56. The summed E-state index contributed by atoms with van der Waals surface area (Å²) in [6.07, 6.45) is -0.370. The molecule has 2 heterocycles. The van der Waals surface area contributed by atoms with Crippen LogP contribution in [0.4, 0.5) is 11.4 Å². The van der Waals surface area contributed by atoms with Crippen LogP contribution in [0.15, 0.2) is 65.7 Å². The van der Waals surface area contributed by atoms with Gasteiger partial charge >= 0.3 is 0 Å². The molecule has 3 aromatic carbocycles. The van der Waals surface area contributed by atoms with Crippen molar-refractivity contribution in [1.82, 2.24) is 0 Å². The molecule has 1 N–H and O–H groups in total. The molecule has 0 amide bonds. The van der Waals surface area contributed by atoms with Crippen molar-refractivity contribution in [2.75, 3.05) is 18.5 Å². The molecular formula is C22H16Cl2N2O3. The van der Waals surface area contributed by atoms with Crippen LogP contribution >= 0.6 is 23.2 Å². The molecule has 0 bridgehead atoms. The first kappa shape index (κ1) is 18.2. The minimum atomic E-state index is -0.370. The molecule has 0 saturated heterocycles. The fourth-order valence-electron chi connectivity index (χ4n) is 3.31. The number of nitrogens with one attached hydrogen (secondary N) is 1. The van der Waals surface area contributed by atoms with E-state index in [1.54, 1.807) is 12.1 Å². The van der Waals surface area contributed by atoms with E-state index in [0.717, 1.165) is 22.5 Å². The third-order valence-corrected chi connectivity index (χ3v) is 5.20. The molecule has 5 nitrogen and oxygen atoms in total. The highest BCUT2D eigenvalue weighted by molar-refractivity contribution is 6.30. The minimum absolute atomic E-state index is 0.370. The molecule has 0 spiro atoms. The van der Waals surface area contributed by atoms with Crippen molar-refractivity contribution < 1.29 is 14.2 Å². The maximum Gasteiger partial charge on any atom is 0.295 e. The van der Waals surface area contributed by atoms with Crippen molar-refractivity contribution in [2.24, 2.45) is 4.99 Å². The number of benzene rings is 3. The van der Waals surface area contributed by atoms with Crippen LogP contribution in [0.3, 0.4) is 0 Å². The van der Waals surface area contributed by atoms with Crippen LogP contribution in [0, 0.1) is 0 Å². The first-order valence-electron chi connectivity index (χ1n) is 9.13. The zero-order chi connectivity index (χ0) is 19.8. The summed E-state index contributed by atoms with van der Waals surface area (Å²) >= 11 is 12.0. The highest BCUT2D eigenvalue weighted by atomic mass is 35.5. The SMILES string of the molecule is Clc1ccc(NC2=Nc3cc4c(cc3C(c3ccc(Cl)cc3)O2)OCCO4)cc1. The molecule has 1 unspecified atom stereocenters. The minimum Gasteiger partial charge on any atom is -0.486 e. The molecule has 0 radical (unpaired) electrons. The second-order valence-corrected chi connectivity index (χ2v) is 7.53. The van der Waals surface area contributed by atoms with E-state index in [2.05, 4.69) is 10.3 Å². The Hall–Kier alpha value is -2.89. The van der Waals surface area contributed by atoms with Crippen molar-refractivity contribution in [1.29, 1.82) is 0 Å². The third-order valence-electron chi connectivity index (χ3n) is 4.69. The predicted molar refractivity (Wildman–Crippen MR) is 114 cm³/mol. The van der Waals surface area contributed by atoms with Crippen LogP contribution in [-0.4, -0.2) is 19.2 Å². The molecule has 29 heavy (non-hydrogen) atoms. The van der Waals surface area contributed by atoms with Crippen molar-refractivity contribution >= 4 is 40.6 Å². The van der Waals surface area contributed by atoms with Crippen LogP contribution in [0.25, 0.3) is 0 Å². The van der Waals surface area contributed by atoms with Gasteiger partial charge in [-0.15, -0.1) is 0 Å². The summed E-state index contributed by atoms with van der Waals surface area (Å²) in [5, 5.41) is 4.54. The molecule has 2 aliphatic rings. The van der Waals surface area contributed by atoms with Crippen LogP contribution in [0.5, 0.6) is 11.5 Å². The Morgan fingerprint density at radius 3 is 2.14 bits per heavy atom. The number of rotatable bonds is 2. The van der Waals surface area contributed by atoms with E-state index < -0.39 is 0 Å². The third kappa shape index (κ3) is 3.71. The smallest absolute Gasteiger partial charge is 0.295 e. The highest BCUT2D eigenvalue weighted by Gasteiger charge is 2.29. The molecule has 7 heteroatoms. The zero-order valence-corrected chi connectivity index (χ0v) is 16.7. The van der Waals surface area contributed by atoms with Gasteiger partial charge in [0.1, 0.15) is 13.2 Å². The van der Waals surface area contributed by atoms with E-state index in [1.807, 2.05) is 48.5 Å². The average molecular weight is 427 g/mol. The van der Waals surface area contributed by atoms with Crippen LogP contribution in [0.1, 0.15) is 17.2 Å². The second-order valence-electron chi connectivity index (χ2n) is 6.65. The van der Waals surface area contributed by atoms with Gasteiger partial charge in [0.05, 0.1) is 5.69 Å². The maximum atomic E-state index is 6.23. The highest BCUT2D eigenvalue weighted by Crippen LogP contribution is 2.44. The van der Waals surface area contributed by atoms with Gasteiger partial charge in [-0.25, -0.2) is 0 Å². The van der Waals surface area contributed by atoms with Crippen molar-refractivity contribution in [3.05, 3.63) is 81.8 Å². The van der Waals surface area contributed by atoms with E-state index in [1.165, 1.54) is 0 Å². The van der Waals surface area contributed by atoms with E-state index in [-0.39, 0.29) is 6.10 Å². The molecule has 3 aromatic rings. The number of nitrogens with zero attached hydrogens (tertiary/aromatic N) is 1. The molecule has 0 aromatic heterocycles. The summed E-state index contributed by atoms with van der Waals surface area (Å²) in [5.74, 6) is 1.38. The van der Waals surface area contributed by atoms with E-state index in [9.17, 15) is 0 Å². The topological polar surface area (TPSA) is 52.1 Å². The van der Waals surface area contributed by atoms with Crippen molar-refractivity contribution in [2.45, 2.75) is 6.10 Å². The van der Waals surface area contributed by atoms with E-state index in [4.69, 9.17) is 37.4 Å². The van der Waals surface area contributed by atoms with Gasteiger partial charge in [-0.05, 0) is 48.0 Å². The fourth-order valence-corrected chi connectivity index (χ4v) is 3.56. The normalized spacial score (nSPS) is 17.0. The first-order valence-corrected chi connectivity index (χ1v) is 9.88. The van der Waals surface area contributed by atoms with Crippen LogP contribution in [-0.2, 0) is 4.74 Å². The number of fused-ring (bicyclic) bond motifs is 2.